The Hall–Kier alpha value is -7.62. The molecule has 6 aromatic carbocycles. The minimum Gasteiger partial charge on any atom is -0.481 e. The van der Waals surface area contributed by atoms with Crippen LogP contribution in [-0.2, 0) is 22.2 Å². The Morgan fingerprint density at radius 2 is 1.35 bits per heavy atom. The Balaban J connectivity index is 0.000000212. The number of aromatic nitrogens is 2. The molecule has 0 bridgehead atoms. The van der Waals surface area contributed by atoms with Crippen molar-refractivity contribution in [2.24, 2.45) is 10.9 Å². The van der Waals surface area contributed by atoms with Gasteiger partial charge in [0.05, 0.1) is 35.8 Å². The molecule has 12 heteroatoms. The van der Waals surface area contributed by atoms with Crippen molar-refractivity contribution in [3.05, 3.63) is 197 Å². The quantitative estimate of drug-likeness (QED) is 0.0819. The average Bonchev–Trinajstić information content (AvgIpc) is 3.78. The fourth-order valence-corrected chi connectivity index (χ4v) is 8.04. The predicted molar refractivity (Wildman–Crippen MR) is 254 cm³/mol. The topological polar surface area (TPSA) is 119 Å². The first-order valence-corrected chi connectivity index (χ1v) is 21.4. The van der Waals surface area contributed by atoms with Crippen LogP contribution >= 0.6 is 0 Å². The van der Waals surface area contributed by atoms with Crippen LogP contribution in [0, 0.1) is 25.7 Å². The lowest BCUT2D eigenvalue weighted by molar-refractivity contribution is -0.142. The maximum Gasteiger partial charge on any atom is 0.417 e. The van der Waals surface area contributed by atoms with E-state index in [0.717, 1.165) is 34.0 Å². The number of hydrogen-bond acceptors (Lipinski definition) is 7. The Labute approximate surface area is 383 Å². The van der Waals surface area contributed by atoms with Crippen molar-refractivity contribution in [1.29, 1.82) is 0 Å². The van der Waals surface area contributed by atoms with Gasteiger partial charge >= 0.3 is 18.1 Å². The maximum absolute atomic E-state index is 13.7. The van der Waals surface area contributed by atoms with Gasteiger partial charge in [0.25, 0.3) is 0 Å². The number of anilines is 1. The molecule has 66 heavy (non-hydrogen) atoms. The lowest BCUT2D eigenvalue weighted by Crippen LogP contribution is -2.30. The first-order chi connectivity index (χ1) is 32.0. The van der Waals surface area contributed by atoms with Gasteiger partial charge in [-0.1, -0.05) is 146 Å². The van der Waals surface area contributed by atoms with Gasteiger partial charge in [-0.15, -0.1) is 12.8 Å². The van der Waals surface area contributed by atoms with E-state index in [1.165, 1.54) is 23.8 Å². The largest absolute Gasteiger partial charge is 0.481 e. The molecule has 1 saturated heterocycles. The zero-order chi connectivity index (χ0) is 47.1. The van der Waals surface area contributed by atoms with Crippen molar-refractivity contribution in [2.75, 3.05) is 37.7 Å². The molecular weight excluding hydrogens is 840 g/mol. The number of hydrogen-bond donors (Lipinski definition) is 2. The van der Waals surface area contributed by atoms with Gasteiger partial charge in [-0.25, -0.2) is 9.97 Å². The van der Waals surface area contributed by atoms with E-state index >= 15 is 0 Å². The van der Waals surface area contributed by atoms with E-state index in [1.807, 2.05) is 95.9 Å². The van der Waals surface area contributed by atoms with E-state index in [2.05, 4.69) is 58.9 Å². The molecule has 0 radical (unpaired) electrons. The number of carboxylic acids is 2. The predicted octanol–water partition coefficient (Wildman–Crippen LogP) is 10.7. The summed E-state index contributed by atoms with van der Waals surface area (Å²) in [5.74, 6) is -1.78. The van der Waals surface area contributed by atoms with E-state index in [1.54, 1.807) is 24.3 Å². The van der Waals surface area contributed by atoms with Crippen LogP contribution in [0.3, 0.4) is 0 Å². The van der Waals surface area contributed by atoms with Crippen LogP contribution in [0.5, 0.6) is 0 Å². The molecule has 7 aromatic rings. The smallest absolute Gasteiger partial charge is 0.417 e. The molecule has 0 aliphatic carbocycles. The molecule has 0 saturated carbocycles. The Morgan fingerprint density at radius 3 is 2.02 bits per heavy atom. The third-order valence-corrected chi connectivity index (χ3v) is 11.3. The van der Waals surface area contributed by atoms with Crippen molar-refractivity contribution in [3.63, 3.8) is 0 Å². The Kier molecular flexibility index (Phi) is 16.6. The second-order valence-electron chi connectivity index (χ2n) is 15.6. The summed E-state index contributed by atoms with van der Waals surface area (Å²) in [5, 5.41) is 19.7. The number of alkyl halides is 3. The molecule has 1 fully saturated rings. The molecule has 1 aromatic heterocycles. The third-order valence-electron chi connectivity index (χ3n) is 11.3. The number of aliphatic carboxylic acids is 2. The number of nitrogens with zero attached hydrogens (tertiary/aromatic N) is 5. The lowest BCUT2D eigenvalue weighted by atomic mass is 9.89. The number of para-hydroxylation sites is 1. The average molecular weight is 890 g/mol. The van der Waals surface area contributed by atoms with E-state index < -0.39 is 29.6 Å². The van der Waals surface area contributed by atoms with Crippen molar-refractivity contribution < 1.29 is 33.0 Å². The molecule has 2 N–H and O–H groups in total. The second kappa shape index (κ2) is 22.8. The number of aryl methyl sites for hydroxylation is 1. The third kappa shape index (κ3) is 12.3. The summed E-state index contributed by atoms with van der Waals surface area (Å²) in [5.41, 5.74) is 5.98. The fourth-order valence-electron chi connectivity index (χ4n) is 8.04. The number of fused-ring (bicyclic) bond motifs is 1. The number of aliphatic imine (C=N–C) groups is 1. The van der Waals surface area contributed by atoms with Crippen molar-refractivity contribution in [2.45, 2.75) is 31.9 Å². The van der Waals surface area contributed by atoms with Gasteiger partial charge < -0.3 is 15.1 Å². The summed E-state index contributed by atoms with van der Waals surface area (Å²) in [6.45, 7) is 4.37. The molecule has 9 nitrogen and oxygen atoms in total. The van der Waals surface area contributed by atoms with E-state index in [-0.39, 0.29) is 30.3 Å². The highest BCUT2D eigenvalue weighted by Gasteiger charge is 2.38. The monoisotopic (exact) mass is 889 g/mol. The maximum atomic E-state index is 13.7. The Morgan fingerprint density at radius 1 is 0.742 bits per heavy atom. The lowest BCUT2D eigenvalue weighted by Gasteiger charge is -2.25. The van der Waals surface area contributed by atoms with Crippen molar-refractivity contribution >= 4 is 34.4 Å². The summed E-state index contributed by atoms with van der Waals surface area (Å²) in [7, 11) is 0. The van der Waals surface area contributed by atoms with Crippen LogP contribution in [0.15, 0.2) is 169 Å². The Bertz CT molecular complexity index is 2750. The number of carboxylic acid groups (broad SMARTS) is 2. The van der Waals surface area contributed by atoms with Crippen LogP contribution in [0.1, 0.15) is 45.7 Å². The molecule has 1 aliphatic heterocycles. The molecule has 2 heterocycles. The molecule has 1 aliphatic rings. The molecule has 2 atom stereocenters. The van der Waals surface area contributed by atoms with Gasteiger partial charge in [0.2, 0.25) is 0 Å². The zero-order valence-corrected chi connectivity index (χ0v) is 36.4. The summed E-state index contributed by atoms with van der Waals surface area (Å²) >= 11 is 0. The highest BCUT2D eigenvalue weighted by atomic mass is 19.4. The van der Waals surface area contributed by atoms with Gasteiger partial charge in [0, 0.05) is 54.2 Å². The van der Waals surface area contributed by atoms with E-state index in [9.17, 15) is 33.0 Å². The first-order valence-electron chi connectivity index (χ1n) is 21.4. The SMILES string of the molecule is C#C.Cc1ccccc1/C(=N\CN1CC(C(=O)O)C(c2ccccc2)C1)c1ccccc1.O=C(O)CCN(CCc1ccccc1)c1nc(-c2ccccc2C(F)(F)F)nc2ccccc12. The minimum atomic E-state index is -4.57. The standard InChI is InChI=1S/C26H22F3N3O2.C26H26N2O2.C2H2/c27-26(28,29)21-12-6-4-10-19(21)24-30-22-13-7-5-11-20(22)25(31-24)32(17-15-23(33)34)16-14-18-8-2-1-3-9-18;1-19-10-8-9-15-22(19)25(21-13-6-3-7-14-21)27-18-28-16-23(24(17-28)26(29)30)20-11-4-2-5-12-20;1-2/h1-13H,14-17H2,(H,33,34);2-15,23-24H,16-18H2,1H3,(H,29,30);1-2H/b;27-25-;. The number of benzene rings is 6. The van der Waals surface area contributed by atoms with Crippen LogP contribution in [-0.4, -0.2) is 75.6 Å². The normalized spacial score (nSPS) is 14.9. The van der Waals surface area contributed by atoms with Gasteiger partial charge in [-0.3, -0.25) is 19.5 Å². The number of rotatable bonds is 14. The van der Waals surface area contributed by atoms with E-state index in [0.29, 0.717) is 49.4 Å². The summed E-state index contributed by atoms with van der Waals surface area (Å²) in [6, 6.07) is 50.3. The van der Waals surface area contributed by atoms with Gasteiger partial charge in [0.15, 0.2) is 5.82 Å². The zero-order valence-electron chi connectivity index (χ0n) is 36.4. The minimum absolute atomic E-state index is 0.0162. The molecule has 8 rings (SSSR count). The van der Waals surface area contributed by atoms with Gasteiger partial charge in [-0.05, 0) is 48.2 Å². The number of halogens is 3. The summed E-state index contributed by atoms with van der Waals surface area (Å²) in [4.78, 5) is 41.1. The van der Waals surface area contributed by atoms with Crippen LogP contribution in [0.2, 0.25) is 0 Å². The van der Waals surface area contributed by atoms with Crippen LogP contribution in [0.25, 0.3) is 22.3 Å². The summed E-state index contributed by atoms with van der Waals surface area (Å²) in [6.07, 6.45) is 3.91. The van der Waals surface area contributed by atoms with Crippen LogP contribution in [0.4, 0.5) is 19.0 Å². The van der Waals surface area contributed by atoms with Gasteiger partial charge in [0.1, 0.15) is 5.82 Å². The highest BCUT2D eigenvalue weighted by molar-refractivity contribution is 6.13. The van der Waals surface area contributed by atoms with Crippen molar-refractivity contribution in [1.82, 2.24) is 14.9 Å². The number of likely N-dealkylation sites (tertiary alicyclic amines) is 1. The molecular formula is C54H50F3N5O4. The van der Waals surface area contributed by atoms with Crippen molar-refractivity contribution in [3.8, 4) is 24.2 Å². The molecule has 2 unspecified atom stereocenters. The highest BCUT2D eigenvalue weighted by Crippen LogP contribution is 2.38. The molecule has 0 amide bonds. The second-order valence-corrected chi connectivity index (χ2v) is 15.6. The molecule has 336 valence electrons. The van der Waals surface area contributed by atoms with Crippen LogP contribution < -0.4 is 4.90 Å². The summed E-state index contributed by atoms with van der Waals surface area (Å²) < 4.78 is 41.1. The van der Waals surface area contributed by atoms with Gasteiger partial charge in [-0.2, -0.15) is 13.2 Å². The number of carbonyl (C=O) groups is 2. The first kappa shape index (κ1) is 47.8. The number of terminal acetylenes is 1. The van der Waals surface area contributed by atoms with E-state index in [4.69, 9.17) is 4.99 Å². The fraction of sp³-hybridized carbons (Fsp3) is 0.204. The molecule has 0 spiro atoms.